The maximum absolute atomic E-state index is 13.4. The number of aryl methyl sites for hydroxylation is 2. The predicted molar refractivity (Wildman–Crippen MR) is 234 cm³/mol. The number of benzene rings is 2. The van der Waals surface area contributed by atoms with Crippen LogP contribution in [0.15, 0.2) is 89.6 Å². The molecule has 0 bridgehead atoms. The smallest absolute Gasteiger partial charge is 0.324 e. The first-order chi connectivity index (χ1) is 31.1. The number of piperazine rings is 2. The molecule has 3 aromatic heterocycles. The molecule has 5 aromatic rings. The number of carbonyl (C=O) groups is 4. The second-order valence-corrected chi connectivity index (χ2v) is 15.8. The van der Waals surface area contributed by atoms with Crippen LogP contribution in [0.4, 0.5) is 38.5 Å². The number of nitrogens with zero attached hydrogens (tertiary/aromatic N) is 10. The van der Waals surface area contributed by atoms with Crippen LogP contribution >= 0.6 is 0 Å². The molecule has 0 radical (unpaired) electrons. The SMILES string of the molecule is Cc1ccc(N(Cc2ccc(-c3nnc(C(F)F)o3)cn2)C(=O)N2CCN(C)CC2)cc1.Cc1ccc(N(Cc2ccc(C(=O)CNC(=O)C(F)F)cn2)C(=O)N2CCN(C)CC2)cc1. The number of hydrogen-bond donors (Lipinski definition) is 1. The minimum Gasteiger partial charge on any atom is -0.415 e. The van der Waals surface area contributed by atoms with Gasteiger partial charge < -0.3 is 29.3 Å². The van der Waals surface area contributed by atoms with Crippen molar-refractivity contribution in [3.63, 3.8) is 0 Å². The van der Waals surface area contributed by atoms with Gasteiger partial charge in [-0.1, -0.05) is 35.4 Å². The second-order valence-electron chi connectivity index (χ2n) is 15.8. The second kappa shape index (κ2) is 22.2. The summed E-state index contributed by atoms with van der Waals surface area (Å²) in [6, 6.07) is 21.7. The number of hydrogen-bond acceptors (Lipinski definition) is 11. The van der Waals surface area contributed by atoms with Crippen molar-refractivity contribution in [1.82, 2.24) is 45.1 Å². The summed E-state index contributed by atoms with van der Waals surface area (Å²) in [4.78, 5) is 69.8. The maximum Gasteiger partial charge on any atom is 0.324 e. The van der Waals surface area contributed by atoms with Gasteiger partial charge in [0.2, 0.25) is 5.89 Å². The van der Waals surface area contributed by atoms with Gasteiger partial charge in [0.1, 0.15) is 0 Å². The van der Waals surface area contributed by atoms with E-state index in [0.29, 0.717) is 43.1 Å². The Labute approximate surface area is 373 Å². The lowest BCUT2D eigenvalue weighted by molar-refractivity contribution is -0.131. The lowest BCUT2D eigenvalue weighted by atomic mass is 10.1. The molecule has 7 rings (SSSR count). The monoisotopic (exact) mass is 901 g/mol. The summed E-state index contributed by atoms with van der Waals surface area (Å²) in [6.45, 7) is 9.71. The summed E-state index contributed by atoms with van der Waals surface area (Å²) in [6.07, 6.45) is -3.21. The molecular formula is C45H51F4N11O5. The van der Waals surface area contributed by atoms with Gasteiger partial charge in [-0.15, -0.1) is 10.2 Å². The van der Waals surface area contributed by atoms with Crippen LogP contribution in [0.3, 0.4) is 0 Å². The molecule has 2 aromatic carbocycles. The van der Waals surface area contributed by atoms with E-state index in [0.717, 1.165) is 48.7 Å². The molecule has 0 aliphatic carbocycles. The molecule has 5 heterocycles. The number of nitrogens with one attached hydrogen (secondary N) is 1. The van der Waals surface area contributed by atoms with Gasteiger partial charge >= 0.3 is 24.9 Å². The number of alkyl halides is 4. The van der Waals surface area contributed by atoms with Crippen LogP contribution in [0.1, 0.15) is 45.2 Å². The Morgan fingerprint density at radius 3 is 1.52 bits per heavy atom. The Morgan fingerprint density at radius 1 is 0.646 bits per heavy atom. The molecule has 16 nitrogen and oxygen atoms in total. The summed E-state index contributed by atoms with van der Waals surface area (Å²) in [5.41, 5.74) is 5.51. The van der Waals surface area contributed by atoms with Gasteiger partial charge in [0, 0.05) is 81.7 Å². The lowest BCUT2D eigenvalue weighted by Crippen LogP contribution is -2.52. The molecule has 0 spiro atoms. The lowest BCUT2D eigenvalue weighted by Gasteiger charge is -2.36. The van der Waals surface area contributed by atoms with Crippen LogP contribution in [0.5, 0.6) is 0 Å². The number of rotatable bonds is 12. The molecule has 20 heteroatoms. The van der Waals surface area contributed by atoms with Crippen molar-refractivity contribution in [3.05, 3.63) is 119 Å². The van der Waals surface area contributed by atoms with Crippen molar-refractivity contribution in [3.8, 4) is 11.5 Å². The van der Waals surface area contributed by atoms with Gasteiger partial charge in [-0.2, -0.15) is 17.6 Å². The number of aromatic nitrogens is 4. The van der Waals surface area contributed by atoms with Crippen LogP contribution in [-0.4, -0.2) is 143 Å². The van der Waals surface area contributed by atoms with Crippen molar-refractivity contribution < 1.29 is 41.2 Å². The number of Topliss-reactive ketones (excluding diaryl/α,β-unsaturated/α-hetero) is 1. The Balaban J connectivity index is 0.000000215. The van der Waals surface area contributed by atoms with Crippen LogP contribution in [-0.2, 0) is 17.9 Å². The highest BCUT2D eigenvalue weighted by molar-refractivity contribution is 5.99. The number of urea groups is 2. The first kappa shape index (κ1) is 47.7. The van der Waals surface area contributed by atoms with Crippen LogP contribution in [0, 0.1) is 13.8 Å². The largest absolute Gasteiger partial charge is 0.415 e. The average Bonchev–Trinajstić information content (AvgIpc) is 3.82. The third-order valence-electron chi connectivity index (χ3n) is 10.8. The van der Waals surface area contributed by atoms with E-state index < -0.39 is 37.0 Å². The van der Waals surface area contributed by atoms with Crippen LogP contribution in [0.25, 0.3) is 11.5 Å². The fraction of sp³-hybridized carbons (Fsp3) is 0.378. The van der Waals surface area contributed by atoms with Gasteiger partial charge in [-0.05, 0) is 76.5 Å². The molecule has 344 valence electrons. The molecule has 0 saturated carbocycles. The third kappa shape index (κ3) is 13.1. The maximum atomic E-state index is 13.4. The highest BCUT2D eigenvalue weighted by Gasteiger charge is 2.28. The zero-order valence-corrected chi connectivity index (χ0v) is 36.5. The van der Waals surface area contributed by atoms with E-state index in [9.17, 15) is 36.7 Å². The molecule has 2 fully saturated rings. The number of pyridine rings is 2. The topological polar surface area (TPSA) is 164 Å². The van der Waals surface area contributed by atoms with Crippen molar-refractivity contribution in [2.75, 3.05) is 82.8 Å². The molecule has 2 aliphatic rings. The quantitative estimate of drug-likeness (QED) is 0.114. The van der Waals surface area contributed by atoms with E-state index in [1.54, 1.807) is 28.0 Å². The van der Waals surface area contributed by atoms with Gasteiger partial charge in [0.15, 0.2) is 5.78 Å². The van der Waals surface area contributed by atoms with Crippen LogP contribution in [0.2, 0.25) is 0 Å². The molecule has 2 saturated heterocycles. The highest BCUT2D eigenvalue weighted by atomic mass is 19.3. The normalized spacial score (nSPS) is 14.5. The standard InChI is InChI=1S/C23H27F2N5O3.C22H24F2N6O2/c1-16-3-7-19(8-4-16)30(23(33)29-11-9-28(2)10-12-29)15-18-6-5-17(13-26-18)20(31)14-27-22(32)21(24)25;1-15-3-7-18(8-4-15)30(22(31)29-11-9-28(2)10-12-29)14-17-6-5-16(13-25-17)20-26-27-21(32-20)19(23)24/h3-8,13,21H,9-12,14-15H2,1-2H3,(H,27,32);3-8,13,19H,9-12,14H2,1-2H3. The highest BCUT2D eigenvalue weighted by Crippen LogP contribution is 2.25. The average molecular weight is 902 g/mol. The van der Waals surface area contributed by atoms with Crippen molar-refractivity contribution >= 4 is 35.1 Å². The van der Waals surface area contributed by atoms with E-state index in [-0.39, 0.29) is 36.6 Å². The Kier molecular flexibility index (Phi) is 16.3. The van der Waals surface area contributed by atoms with E-state index in [1.165, 1.54) is 18.5 Å². The van der Waals surface area contributed by atoms with Crippen molar-refractivity contribution in [2.45, 2.75) is 39.8 Å². The van der Waals surface area contributed by atoms with Gasteiger partial charge in [-0.3, -0.25) is 29.4 Å². The minimum atomic E-state index is -3.18. The first-order valence-electron chi connectivity index (χ1n) is 20.9. The first-order valence-corrected chi connectivity index (χ1v) is 20.9. The molecule has 1 N–H and O–H groups in total. The molecular weight excluding hydrogens is 851 g/mol. The molecule has 2 aliphatic heterocycles. The third-order valence-corrected chi connectivity index (χ3v) is 10.8. The summed E-state index contributed by atoms with van der Waals surface area (Å²) < 4.78 is 54.9. The van der Waals surface area contributed by atoms with Crippen molar-refractivity contribution in [1.29, 1.82) is 0 Å². The summed E-state index contributed by atoms with van der Waals surface area (Å²) in [7, 11) is 4.06. The fourth-order valence-electron chi connectivity index (χ4n) is 6.76. The minimum absolute atomic E-state index is 0.0248. The molecule has 0 atom stereocenters. The van der Waals surface area contributed by atoms with Gasteiger partial charge in [-0.25, -0.2) is 9.59 Å². The number of amides is 5. The van der Waals surface area contributed by atoms with Gasteiger partial charge in [0.05, 0.1) is 36.6 Å². The number of ketones is 1. The zero-order valence-electron chi connectivity index (χ0n) is 36.5. The zero-order chi connectivity index (χ0) is 46.6. The molecule has 65 heavy (non-hydrogen) atoms. The predicted octanol–water partition coefficient (Wildman–Crippen LogP) is 6.08. The summed E-state index contributed by atoms with van der Waals surface area (Å²) in [5, 5.41) is 8.85. The van der Waals surface area contributed by atoms with E-state index in [4.69, 9.17) is 4.42 Å². The Morgan fingerprint density at radius 2 is 1.12 bits per heavy atom. The van der Waals surface area contributed by atoms with Gasteiger partial charge in [0.25, 0.3) is 11.8 Å². The Hall–Kier alpha value is -6.80. The number of halogens is 4. The Bertz CT molecular complexity index is 2350. The molecule has 0 unspecified atom stereocenters. The molecule has 5 amide bonds. The number of carbonyl (C=O) groups excluding carboxylic acids is 4. The summed E-state index contributed by atoms with van der Waals surface area (Å²) >= 11 is 0. The van der Waals surface area contributed by atoms with E-state index in [2.05, 4.69) is 30.0 Å². The fourth-order valence-corrected chi connectivity index (χ4v) is 6.76. The number of anilines is 2. The van der Waals surface area contributed by atoms with Crippen LogP contribution < -0.4 is 15.1 Å². The van der Waals surface area contributed by atoms with E-state index in [1.807, 2.05) is 91.6 Å². The van der Waals surface area contributed by atoms with E-state index >= 15 is 0 Å². The summed E-state index contributed by atoms with van der Waals surface area (Å²) in [5.74, 6) is -2.79. The number of likely N-dealkylation sites (N-methyl/N-ethyl adjacent to an activating group) is 2. The van der Waals surface area contributed by atoms with Crippen molar-refractivity contribution in [2.24, 2.45) is 0 Å².